The van der Waals surface area contributed by atoms with Crippen LogP contribution in [0, 0.1) is 0 Å². The van der Waals surface area contributed by atoms with Gasteiger partial charge in [0, 0.05) is 18.7 Å². The van der Waals surface area contributed by atoms with Gasteiger partial charge in [0.1, 0.15) is 0 Å². The summed E-state index contributed by atoms with van der Waals surface area (Å²) in [5.74, 6) is -0.923. The molecule has 118 valence electrons. The van der Waals surface area contributed by atoms with Gasteiger partial charge in [0.05, 0.1) is 10.2 Å². The summed E-state index contributed by atoms with van der Waals surface area (Å²) in [5, 5.41) is 13.3. The Morgan fingerprint density at radius 3 is 2.82 bits per heavy atom. The number of amides is 2. The highest BCUT2D eigenvalue weighted by atomic mass is 32.1. The minimum atomic E-state index is -2.62. The molecular weight excluding hydrogens is 316 g/mol. The van der Waals surface area contributed by atoms with E-state index in [1.807, 2.05) is 0 Å². The molecule has 0 unspecified atom stereocenters. The molecule has 1 aromatic heterocycles. The Balaban J connectivity index is 1.93. The number of carboxylic acids is 1. The van der Waals surface area contributed by atoms with Gasteiger partial charge in [0.15, 0.2) is 5.01 Å². The standard InChI is InChI=1S/C13H13F2N3O3S/c14-11(15)12-18-8-4-3-7(6-9(8)22-12)17-13(21)16-5-1-2-10(19)20/h3-4,6,11H,1-2,5H2,(H,19,20)(H2,16,17,21). The van der Waals surface area contributed by atoms with E-state index in [0.29, 0.717) is 22.3 Å². The average Bonchev–Trinajstić information content (AvgIpc) is 2.87. The zero-order valence-corrected chi connectivity index (χ0v) is 12.1. The summed E-state index contributed by atoms with van der Waals surface area (Å²) in [5.41, 5.74) is 0.903. The average molecular weight is 329 g/mol. The van der Waals surface area contributed by atoms with Crippen LogP contribution in [0.2, 0.25) is 0 Å². The first-order chi connectivity index (χ1) is 10.5. The van der Waals surface area contributed by atoms with Crippen molar-refractivity contribution in [1.82, 2.24) is 10.3 Å². The summed E-state index contributed by atoms with van der Waals surface area (Å²) < 4.78 is 25.7. The lowest BCUT2D eigenvalue weighted by Gasteiger charge is -2.06. The van der Waals surface area contributed by atoms with Crippen LogP contribution in [-0.4, -0.2) is 28.6 Å². The maximum atomic E-state index is 12.6. The Bertz CT molecular complexity index is 690. The Kier molecular flexibility index (Phi) is 5.21. The van der Waals surface area contributed by atoms with E-state index in [9.17, 15) is 18.4 Å². The number of nitrogens with one attached hydrogen (secondary N) is 2. The van der Waals surface area contributed by atoms with E-state index in [2.05, 4.69) is 15.6 Å². The van der Waals surface area contributed by atoms with Crippen molar-refractivity contribution >= 4 is 39.2 Å². The van der Waals surface area contributed by atoms with Gasteiger partial charge in [-0.25, -0.2) is 18.6 Å². The first-order valence-electron chi connectivity index (χ1n) is 6.41. The number of nitrogens with zero attached hydrogens (tertiary/aromatic N) is 1. The molecule has 0 radical (unpaired) electrons. The van der Waals surface area contributed by atoms with Gasteiger partial charge in [-0.3, -0.25) is 4.79 Å². The number of benzene rings is 1. The van der Waals surface area contributed by atoms with Crippen molar-refractivity contribution in [2.75, 3.05) is 11.9 Å². The second-order valence-electron chi connectivity index (χ2n) is 4.41. The summed E-state index contributed by atoms with van der Waals surface area (Å²) in [6, 6.07) is 4.20. The SMILES string of the molecule is O=C(O)CCCNC(=O)Nc1ccc2nc(C(F)F)sc2c1. The largest absolute Gasteiger partial charge is 0.481 e. The first-order valence-corrected chi connectivity index (χ1v) is 7.22. The molecule has 0 aliphatic carbocycles. The second kappa shape index (κ2) is 7.12. The van der Waals surface area contributed by atoms with Crippen molar-refractivity contribution < 1.29 is 23.5 Å². The van der Waals surface area contributed by atoms with Crippen molar-refractivity contribution in [3.8, 4) is 0 Å². The van der Waals surface area contributed by atoms with E-state index in [-0.39, 0.29) is 18.0 Å². The molecule has 2 rings (SSSR count). The van der Waals surface area contributed by atoms with Crippen LogP contribution in [0.4, 0.5) is 19.3 Å². The highest BCUT2D eigenvalue weighted by Crippen LogP contribution is 2.30. The predicted octanol–water partition coefficient (Wildman–Crippen LogP) is 3.22. The molecule has 1 aromatic carbocycles. The molecular formula is C13H13F2N3O3S. The number of halogens is 2. The number of aliphatic carboxylic acids is 1. The third-order valence-electron chi connectivity index (χ3n) is 2.70. The summed E-state index contributed by atoms with van der Waals surface area (Å²) in [7, 11) is 0. The van der Waals surface area contributed by atoms with Gasteiger partial charge in [-0.05, 0) is 24.6 Å². The number of rotatable bonds is 6. The number of carbonyl (C=O) groups excluding carboxylic acids is 1. The Labute approximate surface area is 128 Å². The lowest BCUT2D eigenvalue weighted by molar-refractivity contribution is -0.137. The van der Waals surface area contributed by atoms with E-state index >= 15 is 0 Å². The third kappa shape index (κ3) is 4.35. The molecule has 2 aromatic rings. The van der Waals surface area contributed by atoms with Crippen molar-refractivity contribution in [2.45, 2.75) is 19.3 Å². The van der Waals surface area contributed by atoms with E-state index in [1.54, 1.807) is 18.2 Å². The molecule has 0 saturated heterocycles. The zero-order valence-electron chi connectivity index (χ0n) is 11.3. The number of carboxylic acid groups (broad SMARTS) is 1. The van der Waals surface area contributed by atoms with E-state index in [1.165, 1.54) is 0 Å². The van der Waals surface area contributed by atoms with Crippen LogP contribution in [0.5, 0.6) is 0 Å². The molecule has 6 nitrogen and oxygen atoms in total. The molecule has 2 amide bonds. The van der Waals surface area contributed by atoms with E-state index in [4.69, 9.17) is 5.11 Å². The number of carbonyl (C=O) groups is 2. The number of alkyl halides is 2. The van der Waals surface area contributed by atoms with Crippen LogP contribution < -0.4 is 10.6 Å². The van der Waals surface area contributed by atoms with Crippen LogP contribution in [0.15, 0.2) is 18.2 Å². The number of urea groups is 1. The maximum absolute atomic E-state index is 12.6. The number of anilines is 1. The molecule has 0 aliphatic heterocycles. The molecule has 0 spiro atoms. The predicted molar refractivity (Wildman–Crippen MR) is 78.5 cm³/mol. The van der Waals surface area contributed by atoms with Gasteiger partial charge in [-0.15, -0.1) is 11.3 Å². The van der Waals surface area contributed by atoms with Gasteiger partial charge in [0.2, 0.25) is 0 Å². The molecule has 9 heteroatoms. The Morgan fingerprint density at radius 1 is 1.36 bits per heavy atom. The molecule has 3 N–H and O–H groups in total. The topological polar surface area (TPSA) is 91.3 Å². The van der Waals surface area contributed by atoms with Crippen LogP contribution >= 0.6 is 11.3 Å². The fraction of sp³-hybridized carbons (Fsp3) is 0.308. The highest BCUT2D eigenvalue weighted by Gasteiger charge is 2.13. The maximum Gasteiger partial charge on any atom is 0.319 e. The molecule has 0 aliphatic rings. The summed E-state index contributed by atoms with van der Waals surface area (Å²) >= 11 is 0.873. The quantitative estimate of drug-likeness (QED) is 0.710. The lowest BCUT2D eigenvalue weighted by atomic mass is 10.3. The molecule has 1 heterocycles. The van der Waals surface area contributed by atoms with Crippen LogP contribution in [0.3, 0.4) is 0 Å². The summed E-state index contributed by atoms with van der Waals surface area (Å²) in [6.07, 6.45) is -2.32. The van der Waals surface area contributed by atoms with Gasteiger partial charge in [-0.2, -0.15) is 0 Å². The van der Waals surface area contributed by atoms with Crippen molar-refractivity contribution in [2.24, 2.45) is 0 Å². The number of fused-ring (bicyclic) bond motifs is 1. The van der Waals surface area contributed by atoms with E-state index in [0.717, 1.165) is 11.3 Å². The second-order valence-corrected chi connectivity index (χ2v) is 5.48. The zero-order chi connectivity index (χ0) is 16.1. The molecule has 22 heavy (non-hydrogen) atoms. The minimum Gasteiger partial charge on any atom is -0.481 e. The molecule has 0 fully saturated rings. The van der Waals surface area contributed by atoms with Crippen LogP contribution in [0.25, 0.3) is 10.2 Å². The molecule has 0 atom stereocenters. The van der Waals surface area contributed by atoms with Crippen molar-refractivity contribution in [3.63, 3.8) is 0 Å². The van der Waals surface area contributed by atoms with Gasteiger partial charge in [-0.1, -0.05) is 0 Å². The van der Waals surface area contributed by atoms with Gasteiger partial charge < -0.3 is 15.7 Å². The number of aromatic nitrogens is 1. The first kappa shape index (κ1) is 16.1. The van der Waals surface area contributed by atoms with Crippen molar-refractivity contribution in [3.05, 3.63) is 23.2 Å². The fourth-order valence-corrected chi connectivity index (χ4v) is 2.59. The van der Waals surface area contributed by atoms with Crippen LogP contribution in [0.1, 0.15) is 24.3 Å². The number of hydrogen-bond donors (Lipinski definition) is 3. The number of thiazole rings is 1. The summed E-state index contributed by atoms with van der Waals surface area (Å²) in [6.45, 7) is 0.233. The molecule has 0 saturated carbocycles. The fourth-order valence-electron chi connectivity index (χ4n) is 1.73. The number of hydrogen-bond acceptors (Lipinski definition) is 4. The van der Waals surface area contributed by atoms with Crippen LogP contribution in [-0.2, 0) is 4.79 Å². The van der Waals surface area contributed by atoms with Gasteiger partial charge >= 0.3 is 12.0 Å². The van der Waals surface area contributed by atoms with Crippen molar-refractivity contribution in [1.29, 1.82) is 0 Å². The molecule has 0 bridgehead atoms. The van der Waals surface area contributed by atoms with E-state index < -0.39 is 18.4 Å². The lowest BCUT2D eigenvalue weighted by Crippen LogP contribution is -2.29. The minimum absolute atomic E-state index is 0.0243. The Hall–Kier alpha value is -2.29. The van der Waals surface area contributed by atoms with Gasteiger partial charge in [0.25, 0.3) is 6.43 Å². The third-order valence-corrected chi connectivity index (χ3v) is 3.73. The smallest absolute Gasteiger partial charge is 0.319 e. The highest BCUT2D eigenvalue weighted by molar-refractivity contribution is 7.18. The Morgan fingerprint density at radius 2 is 2.14 bits per heavy atom. The summed E-state index contributed by atoms with van der Waals surface area (Å²) in [4.78, 5) is 25.7. The normalized spacial score (nSPS) is 10.9. The monoisotopic (exact) mass is 329 g/mol.